The second-order valence-electron chi connectivity index (χ2n) is 8.42. The quantitative estimate of drug-likeness (QED) is 0.350. The summed E-state index contributed by atoms with van der Waals surface area (Å²) in [6.07, 6.45) is 0.646. The standard InChI is InChI=1S/C26H29FN2O6/c1-33-20-9-6-18(16-21(20)34-2)23-22(24(30)17-4-7-19(27)8-5-17)25(31)26(32)29(23)11-3-10-28-12-14-35-15-13-28/h4-9,16,23,30H,3,10-15H2,1-2H3/b24-22+/t23-/m1/s1. The highest BCUT2D eigenvalue weighted by Gasteiger charge is 2.46. The zero-order valence-corrected chi connectivity index (χ0v) is 19.8. The van der Waals surface area contributed by atoms with Gasteiger partial charge in [-0.1, -0.05) is 6.07 Å². The predicted octanol–water partition coefficient (Wildman–Crippen LogP) is 2.99. The molecule has 1 amide bonds. The smallest absolute Gasteiger partial charge is 0.295 e. The number of nitrogens with zero attached hydrogens (tertiary/aromatic N) is 2. The fourth-order valence-electron chi connectivity index (χ4n) is 4.53. The highest BCUT2D eigenvalue weighted by molar-refractivity contribution is 6.46. The molecule has 2 saturated heterocycles. The van der Waals surface area contributed by atoms with Crippen molar-refractivity contribution >= 4 is 17.4 Å². The number of rotatable bonds is 8. The number of Topliss-reactive ketones (excluding diaryl/α,β-unsaturated/α-hetero) is 1. The second-order valence-corrected chi connectivity index (χ2v) is 8.42. The third-order valence-electron chi connectivity index (χ3n) is 6.36. The van der Waals surface area contributed by atoms with Crippen molar-refractivity contribution in [3.8, 4) is 11.5 Å². The van der Waals surface area contributed by atoms with Gasteiger partial charge in [-0.3, -0.25) is 14.5 Å². The molecule has 0 aromatic heterocycles. The van der Waals surface area contributed by atoms with Crippen LogP contribution in [0.1, 0.15) is 23.6 Å². The topological polar surface area (TPSA) is 88.5 Å². The number of methoxy groups -OCH3 is 2. The lowest BCUT2D eigenvalue weighted by Gasteiger charge is -2.29. The largest absolute Gasteiger partial charge is 0.507 e. The van der Waals surface area contributed by atoms with Crippen LogP contribution < -0.4 is 9.47 Å². The van der Waals surface area contributed by atoms with Gasteiger partial charge < -0.3 is 24.2 Å². The summed E-state index contributed by atoms with van der Waals surface area (Å²) in [6.45, 7) is 4.07. The van der Waals surface area contributed by atoms with Gasteiger partial charge in [-0.15, -0.1) is 0 Å². The molecule has 2 aliphatic rings. The third-order valence-corrected chi connectivity index (χ3v) is 6.36. The minimum atomic E-state index is -0.829. The van der Waals surface area contributed by atoms with Crippen LogP contribution in [0, 0.1) is 5.82 Å². The minimum absolute atomic E-state index is 0.0415. The fraction of sp³-hybridized carbons (Fsp3) is 0.385. The van der Waals surface area contributed by atoms with Gasteiger partial charge in [0.1, 0.15) is 11.6 Å². The first-order chi connectivity index (χ1) is 16.9. The molecule has 2 aromatic rings. The average molecular weight is 485 g/mol. The zero-order valence-electron chi connectivity index (χ0n) is 19.8. The number of hydrogen-bond acceptors (Lipinski definition) is 7. The van der Waals surface area contributed by atoms with Crippen molar-refractivity contribution in [1.82, 2.24) is 9.80 Å². The fourth-order valence-corrected chi connectivity index (χ4v) is 4.53. The number of ketones is 1. The molecule has 0 radical (unpaired) electrons. The first-order valence-corrected chi connectivity index (χ1v) is 11.5. The molecule has 4 rings (SSSR count). The third kappa shape index (κ3) is 5.16. The van der Waals surface area contributed by atoms with Gasteiger partial charge in [-0.05, 0) is 48.4 Å². The molecule has 0 spiro atoms. The van der Waals surface area contributed by atoms with E-state index >= 15 is 0 Å². The van der Waals surface area contributed by atoms with Gasteiger partial charge in [0, 0.05) is 31.7 Å². The maximum absolute atomic E-state index is 13.5. The number of aliphatic hydroxyl groups is 1. The Kier molecular flexibility index (Phi) is 7.67. The molecular weight excluding hydrogens is 455 g/mol. The van der Waals surface area contributed by atoms with E-state index in [1.807, 2.05) is 0 Å². The van der Waals surface area contributed by atoms with Gasteiger partial charge in [0.05, 0.1) is 39.0 Å². The number of ether oxygens (including phenoxy) is 3. The van der Waals surface area contributed by atoms with Crippen LogP contribution >= 0.6 is 0 Å². The van der Waals surface area contributed by atoms with Crippen LogP contribution in [0.15, 0.2) is 48.0 Å². The van der Waals surface area contributed by atoms with E-state index in [1.54, 1.807) is 18.2 Å². The van der Waals surface area contributed by atoms with E-state index in [-0.39, 0.29) is 16.9 Å². The van der Waals surface area contributed by atoms with Gasteiger partial charge in [0.25, 0.3) is 11.7 Å². The van der Waals surface area contributed by atoms with Crippen LogP contribution in [-0.4, -0.2) is 80.2 Å². The maximum Gasteiger partial charge on any atom is 0.295 e. The van der Waals surface area contributed by atoms with Crippen molar-refractivity contribution in [1.29, 1.82) is 0 Å². The van der Waals surface area contributed by atoms with E-state index in [4.69, 9.17) is 14.2 Å². The van der Waals surface area contributed by atoms with E-state index < -0.39 is 23.5 Å². The van der Waals surface area contributed by atoms with Crippen LogP contribution in [0.3, 0.4) is 0 Å². The Morgan fingerprint density at radius 2 is 1.71 bits per heavy atom. The summed E-state index contributed by atoms with van der Waals surface area (Å²) in [5.74, 6) is -1.35. The molecule has 35 heavy (non-hydrogen) atoms. The molecule has 8 nitrogen and oxygen atoms in total. The molecule has 1 atom stereocenters. The van der Waals surface area contributed by atoms with Crippen LogP contribution in [0.5, 0.6) is 11.5 Å². The van der Waals surface area contributed by atoms with E-state index in [2.05, 4.69) is 4.90 Å². The molecule has 9 heteroatoms. The summed E-state index contributed by atoms with van der Waals surface area (Å²) in [5.41, 5.74) is 0.806. The van der Waals surface area contributed by atoms with E-state index in [9.17, 15) is 19.1 Å². The summed E-state index contributed by atoms with van der Waals surface area (Å²) in [4.78, 5) is 30.0. The van der Waals surface area contributed by atoms with Gasteiger partial charge in [-0.25, -0.2) is 4.39 Å². The monoisotopic (exact) mass is 484 g/mol. The number of morpholine rings is 1. The minimum Gasteiger partial charge on any atom is -0.507 e. The average Bonchev–Trinajstić information content (AvgIpc) is 3.14. The highest BCUT2D eigenvalue weighted by atomic mass is 19.1. The van der Waals surface area contributed by atoms with Crippen molar-refractivity contribution in [2.45, 2.75) is 12.5 Å². The number of likely N-dealkylation sites (tertiary alicyclic amines) is 1. The normalized spacial score (nSPS) is 20.3. The summed E-state index contributed by atoms with van der Waals surface area (Å²) in [7, 11) is 3.02. The van der Waals surface area contributed by atoms with Crippen molar-refractivity contribution in [3.05, 3.63) is 65.0 Å². The molecule has 0 bridgehead atoms. The van der Waals surface area contributed by atoms with E-state index in [0.29, 0.717) is 43.2 Å². The summed E-state index contributed by atoms with van der Waals surface area (Å²) < 4.78 is 29.6. The molecule has 1 N–H and O–H groups in total. The lowest BCUT2D eigenvalue weighted by Crippen LogP contribution is -2.38. The van der Waals surface area contributed by atoms with Crippen LogP contribution in [-0.2, 0) is 14.3 Å². The number of hydrogen-bond donors (Lipinski definition) is 1. The van der Waals surface area contributed by atoms with Crippen molar-refractivity contribution < 1.29 is 33.3 Å². The molecule has 2 heterocycles. The maximum atomic E-state index is 13.5. The summed E-state index contributed by atoms with van der Waals surface area (Å²) in [6, 6.07) is 9.44. The lowest BCUT2D eigenvalue weighted by molar-refractivity contribution is -0.140. The molecule has 2 aromatic carbocycles. The molecule has 0 saturated carbocycles. The van der Waals surface area contributed by atoms with Crippen molar-refractivity contribution in [2.24, 2.45) is 0 Å². The first kappa shape index (κ1) is 24.7. The number of benzene rings is 2. The van der Waals surface area contributed by atoms with E-state index in [1.165, 1.54) is 43.4 Å². The van der Waals surface area contributed by atoms with Crippen LogP contribution in [0.4, 0.5) is 4.39 Å². The molecule has 2 aliphatic heterocycles. The number of carbonyl (C=O) groups excluding carboxylic acids is 2. The number of halogens is 1. The zero-order chi connectivity index (χ0) is 24.9. The van der Waals surface area contributed by atoms with Crippen LogP contribution in [0.2, 0.25) is 0 Å². The molecule has 186 valence electrons. The molecule has 0 aliphatic carbocycles. The van der Waals surface area contributed by atoms with Crippen LogP contribution in [0.25, 0.3) is 5.76 Å². The number of carbonyl (C=O) groups is 2. The predicted molar refractivity (Wildman–Crippen MR) is 127 cm³/mol. The lowest BCUT2D eigenvalue weighted by atomic mass is 9.95. The summed E-state index contributed by atoms with van der Waals surface area (Å²) in [5, 5.41) is 11.1. The highest BCUT2D eigenvalue weighted by Crippen LogP contribution is 2.42. The Bertz CT molecular complexity index is 1110. The summed E-state index contributed by atoms with van der Waals surface area (Å²) >= 11 is 0. The molecule has 0 unspecified atom stereocenters. The number of amides is 1. The number of aliphatic hydroxyl groups excluding tert-OH is 1. The SMILES string of the molecule is COc1ccc([C@@H]2/C(=C(\O)c3ccc(F)cc3)C(=O)C(=O)N2CCCN2CCOCC2)cc1OC. The molecular formula is C26H29FN2O6. The van der Waals surface area contributed by atoms with Gasteiger partial charge >= 0.3 is 0 Å². The Hall–Kier alpha value is -3.43. The van der Waals surface area contributed by atoms with Crippen molar-refractivity contribution in [2.75, 3.05) is 53.6 Å². The Labute approximate surface area is 203 Å². The van der Waals surface area contributed by atoms with E-state index in [0.717, 1.165) is 19.6 Å². The Balaban J connectivity index is 1.71. The first-order valence-electron chi connectivity index (χ1n) is 11.5. The Morgan fingerprint density at radius 3 is 2.37 bits per heavy atom. The second kappa shape index (κ2) is 10.9. The van der Waals surface area contributed by atoms with Gasteiger partial charge in [0.2, 0.25) is 0 Å². The van der Waals surface area contributed by atoms with Gasteiger partial charge in [0.15, 0.2) is 11.5 Å². The molecule has 2 fully saturated rings. The Morgan fingerprint density at radius 1 is 1.03 bits per heavy atom. The van der Waals surface area contributed by atoms with Gasteiger partial charge in [-0.2, -0.15) is 0 Å². The van der Waals surface area contributed by atoms with Crippen molar-refractivity contribution in [3.63, 3.8) is 0 Å².